The molecular weight excluding hydrogens is 385 g/mol. The van der Waals surface area contributed by atoms with E-state index in [0.29, 0.717) is 29.9 Å². The summed E-state index contributed by atoms with van der Waals surface area (Å²) in [5.74, 6) is 0.965. The number of aromatic nitrogens is 2. The summed E-state index contributed by atoms with van der Waals surface area (Å²) in [6, 6.07) is 10.1. The Kier molecular flexibility index (Phi) is 3.58. The van der Waals surface area contributed by atoms with Crippen molar-refractivity contribution in [3.8, 4) is 5.75 Å². The van der Waals surface area contributed by atoms with Gasteiger partial charge in [-0.15, -0.1) is 0 Å². The first kappa shape index (κ1) is 14.7. The van der Waals surface area contributed by atoms with Crippen molar-refractivity contribution in [3.63, 3.8) is 0 Å². The fourth-order valence-electron chi connectivity index (χ4n) is 2.69. The first-order chi connectivity index (χ1) is 11.1. The van der Waals surface area contributed by atoms with Gasteiger partial charge in [-0.2, -0.15) is 4.98 Å². The highest BCUT2D eigenvalue weighted by Gasteiger charge is 2.24. The van der Waals surface area contributed by atoms with Crippen LogP contribution in [0.25, 0.3) is 10.9 Å². The van der Waals surface area contributed by atoms with Crippen LogP contribution in [0.4, 0.5) is 15.9 Å². The molecule has 1 aromatic heterocycles. The zero-order valence-electron chi connectivity index (χ0n) is 11.8. The van der Waals surface area contributed by atoms with Gasteiger partial charge in [0, 0.05) is 5.39 Å². The van der Waals surface area contributed by atoms with Crippen LogP contribution in [0.5, 0.6) is 5.75 Å². The number of halogens is 3. The van der Waals surface area contributed by atoms with E-state index in [1.165, 1.54) is 12.1 Å². The van der Waals surface area contributed by atoms with Crippen molar-refractivity contribution in [2.24, 2.45) is 0 Å². The van der Waals surface area contributed by atoms with Crippen molar-refractivity contribution in [1.29, 1.82) is 0 Å². The summed E-state index contributed by atoms with van der Waals surface area (Å²) in [6.07, 6.45) is 0. The average Bonchev–Trinajstić information content (AvgIpc) is 2.55. The van der Waals surface area contributed by atoms with Gasteiger partial charge < -0.3 is 9.64 Å². The minimum Gasteiger partial charge on any atom is -0.488 e. The molecule has 0 fully saturated rings. The largest absolute Gasteiger partial charge is 0.488 e. The van der Waals surface area contributed by atoms with Gasteiger partial charge in [0.05, 0.1) is 22.2 Å². The fraction of sp³-hybridized carbons (Fsp3) is 0.125. The lowest BCUT2D eigenvalue weighted by Crippen LogP contribution is -2.29. The number of ether oxygens (including phenoxy) is 1. The number of rotatable bonds is 1. The topological polar surface area (TPSA) is 38.2 Å². The lowest BCUT2D eigenvalue weighted by atomic mass is 10.2. The Balaban J connectivity index is 1.97. The molecule has 7 heteroatoms. The SMILES string of the molecule is Fc1ccc2nc(Cl)nc(N3CCOc4c(Br)cccc43)c2c1. The molecule has 0 saturated carbocycles. The maximum absolute atomic E-state index is 13.7. The molecule has 0 spiro atoms. The van der Waals surface area contributed by atoms with Crippen molar-refractivity contribution in [2.75, 3.05) is 18.1 Å². The predicted octanol–water partition coefficient (Wildman–Crippen LogP) is 4.72. The van der Waals surface area contributed by atoms with Gasteiger partial charge in [-0.05, 0) is 57.9 Å². The van der Waals surface area contributed by atoms with Crippen LogP contribution in [0, 0.1) is 5.82 Å². The summed E-state index contributed by atoms with van der Waals surface area (Å²) in [6.45, 7) is 1.08. The van der Waals surface area contributed by atoms with Crippen molar-refractivity contribution >= 4 is 49.9 Å². The molecule has 0 amide bonds. The van der Waals surface area contributed by atoms with Gasteiger partial charge in [-0.1, -0.05) is 6.07 Å². The summed E-state index contributed by atoms with van der Waals surface area (Å²) < 4.78 is 20.3. The zero-order valence-corrected chi connectivity index (χ0v) is 14.1. The van der Waals surface area contributed by atoms with Crippen LogP contribution in [-0.4, -0.2) is 23.1 Å². The van der Waals surface area contributed by atoms with Crippen LogP contribution in [0.15, 0.2) is 40.9 Å². The van der Waals surface area contributed by atoms with Gasteiger partial charge in [-0.3, -0.25) is 0 Å². The minimum atomic E-state index is -0.340. The van der Waals surface area contributed by atoms with Crippen LogP contribution in [0.1, 0.15) is 0 Å². The molecule has 0 N–H and O–H groups in total. The van der Waals surface area contributed by atoms with Crippen molar-refractivity contribution in [2.45, 2.75) is 0 Å². The van der Waals surface area contributed by atoms with Crippen LogP contribution in [0.3, 0.4) is 0 Å². The van der Waals surface area contributed by atoms with E-state index >= 15 is 0 Å². The second-order valence-electron chi connectivity index (χ2n) is 5.07. The van der Waals surface area contributed by atoms with Crippen molar-refractivity contribution in [3.05, 3.63) is 52.0 Å². The van der Waals surface area contributed by atoms with E-state index in [1.54, 1.807) is 6.07 Å². The quantitative estimate of drug-likeness (QED) is 0.560. The van der Waals surface area contributed by atoms with E-state index < -0.39 is 0 Å². The second kappa shape index (κ2) is 5.62. The van der Waals surface area contributed by atoms with Gasteiger partial charge in [0.25, 0.3) is 0 Å². The number of anilines is 2. The third-order valence-corrected chi connectivity index (χ3v) is 4.46. The molecule has 0 aliphatic carbocycles. The lowest BCUT2D eigenvalue weighted by Gasteiger charge is -2.31. The highest BCUT2D eigenvalue weighted by Crippen LogP contribution is 2.42. The van der Waals surface area contributed by atoms with Crippen LogP contribution in [0.2, 0.25) is 5.28 Å². The highest BCUT2D eigenvalue weighted by atomic mass is 79.9. The van der Waals surface area contributed by atoms with Gasteiger partial charge in [0.1, 0.15) is 18.2 Å². The summed E-state index contributed by atoms with van der Waals surface area (Å²) in [5.41, 5.74) is 1.45. The molecule has 0 atom stereocenters. The Labute approximate surface area is 145 Å². The first-order valence-corrected chi connectivity index (χ1v) is 8.12. The van der Waals surface area contributed by atoms with E-state index in [2.05, 4.69) is 25.9 Å². The van der Waals surface area contributed by atoms with Gasteiger partial charge >= 0.3 is 0 Å². The van der Waals surface area contributed by atoms with Crippen molar-refractivity contribution < 1.29 is 9.13 Å². The van der Waals surface area contributed by atoms with E-state index in [-0.39, 0.29) is 11.1 Å². The molecule has 0 radical (unpaired) electrons. The molecule has 0 saturated heterocycles. The number of hydrogen-bond donors (Lipinski definition) is 0. The molecular formula is C16H10BrClFN3O. The maximum atomic E-state index is 13.7. The summed E-state index contributed by atoms with van der Waals surface area (Å²) in [5, 5.41) is 0.740. The Hall–Kier alpha value is -1.92. The third kappa shape index (κ3) is 2.52. The third-order valence-electron chi connectivity index (χ3n) is 3.66. The molecule has 3 aromatic rings. The van der Waals surface area contributed by atoms with E-state index in [9.17, 15) is 4.39 Å². The molecule has 1 aliphatic heterocycles. The predicted molar refractivity (Wildman–Crippen MR) is 91.1 cm³/mol. The molecule has 4 nitrogen and oxygen atoms in total. The zero-order chi connectivity index (χ0) is 16.0. The van der Waals surface area contributed by atoms with E-state index in [4.69, 9.17) is 16.3 Å². The lowest BCUT2D eigenvalue weighted by molar-refractivity contribution is 0.312. The van der Waals surface area contributed by atoms with E-state index in [1.807, 2.05) is 23.1 Å². The molecule has 0 bridgehead atoms. The number of para-hydroxylation sites is 1. The monoisotopic (exact) mass is 393 g/mol. The standard InChI is InChI=1S/C16H10BrClFN3O/c17-11-2-1-3-13-14(11)23-7-6-22(13)15-10-8-9(19)4-5-12(10)20-16(18)21-15/h1-5,8H,6-7H2. The normalized spacial score (nSPS) is 13.8. The van der Waals surface area contributed by atoms with Gasteiger partial charge in [-0.25, -0.2) is 9.37 Å². The van der Waals surface area contributed by atoms with Gasteiger partial charge in [0.15, 0.2) is 5.75 Å². The number of fused-ring (bicyclic) bond motifs is 2. The maximum Gasteiger partial charge on any atom is 0.224 e. The first-order valence-electron chi connectivity index (χ1n) is 6.95. The number of nitrogens with zero attached hydrogens (tertiary/aromatic N) is 3. The summed E-state index contributed by atoms with van der Waals surface area (Å²) in [4.78, 5) is 10.5. The van der Waals surface area contributed by atoms with Gasteiger partial charge in [0.2, 0.25) is 5.28 Å². The summed E-state index contributed by atoms with van der Waals surface area (Å²) >= 11 is 9.55. The number of benzene rings is 2. The molecule has 2 aromatic carbocycles. The van der Waals surface area contributed by atoms with Crippen LogP contribution < -0.4 is 9.64 Å². The Morgan fingerprint density at radius 1 is 1.22 bits per heavy atom. The molecule has 0 unspecified atom stereocenters. The van der Waals surface area contributed by atoms with Crippen molar-refractivity contribution in [1.82, 2.24) is 9.97 Å². The Bertz CT molecular complexity index is 921. The highest BCUT2D eigenvalue weighted by molar-refractivity contribution is 9.10. The van der Waals surface area contributed by atoms with Crippen LogP contribution >= 0.6 is 27.5 Å². The molecule has 1 aliphatic rings. The summed E-state index contributed by atoms with van der Waals surface area (Å²) in [7, 11) is 0. The number of hydrogen-bond acceptors (Lipinski definition) is 4. The Morgan fingerprint density at radius 2 is 2.09 bits per heavy atom. The molecule has 23 heavy (non-hydrogen) atoms. The van der Waals surface area contributed by atoms with Crippen LogP contribution in [-0.2, 0) is 0 Å². The smallest absolute Gasteiger partial charge is 0.224 e. The molecule has 2 heterocycles. The average molecular weight is 395 g/mol. The molecule has 116 valence electrons. The fourth-order valence-corrected chi connectivity index (χ4v) is 3.34. The van der Waals surface area contributed by atoms with E-state index in [0.717, 1.165) is 15.9 Å². The Morgan fingerprint density at radius 3 is 2.96 bits per heavy atom. The second-order valence-corrected chi connectivity index (χ2v) is 6.26. The minimum absolute atomic E-state index is 0.127. The molecule has 4 rings (SSSR count).